The molecule has 238 valence electrons. The van der Waals surface area contributed by atoms with Crippen molar-refractivity contribution in [3.63, 3.8) is 0 Å². The molecule has 2 aromatic heterocycles. The third kappa shape index (κ3) is 6.43. The zero-order chi connectivity index (χ0) is 32.6. The SMILES string of the molecule is COc1cc2sc(C(=O)CC(C)C(=O)O)cc2c(F)c1OCCCOc1c(OC)cc2sc(C(=O)[C@@H]3C[C@H]3C(=O)O)cc2c1F. The molecule has 2 aromatic carbocycles. The smallest absolute Gasteiger partial charge is 0.307 e. The Labute approximate surface area is 263 Å². The van der Waals surface area contributed by atoms with Crippen molar-refractivity contribution in [3.05, 3.63) is 45.7 Å². The van der Waals surface area contributed by atoms with E-state index in [1.54, 1.807) is 6.07 Å². The summed E-state index contributed by atoms with van der Waals surface area (Å²) in [4.78, 5) is 48.0. The van der Waals surface area contributed by atoms with Gasteiger partial charge in [0.25, 0.3) is 0 Å². The molecule has 1 aliphatic rings. The van der Waals surface area contributed by atoms with Crippen LogP contribution < -0.4 is 18.9 Å². The number of Topliss-reactive ketones (excluding diaryl/α,β-unsaturated/α-hetero) is 2. The lowest BCUT2D eigenvalue weighted by Crippen LogP contribution is -2.13. The molecule has 0 amide bonds. The Morgan fingerprint density at radius 1 is 0.844 bits per heavy atom. The van der Waals surface area contributed by atoms with Crippen LogP contribution in [-0.4, -0.2) is 61.2 Å². The maximum Gasteiger partial charge on any atom is 0.307 e. The van der Waals surface area contributed by atoms with Gasteiger partial charge in [-0.25, -0.2) is 8.78 Å². The highest BCUT2D eigenvalue weighted by Crippen LogP contribution is 2.45. The molecule has 0 saturated heterocycles. The Bertz CT molecular complexity index is 1830. The van der Waals surface area contributed by atoms with E-state index in [9.17, 15) is 19.2 Å². The van der Waals surface area contributed by atoms with Crippen molar-refractivity contribution in [2.75, 3.05) is 27.4 Å². The molecular formula is C31H28F2O10S2. The summed E-state index contributed by atoms with van der Waals surface area (Å²) in [5.41, 5.74) is 0. The van der Waals surface area contributed by atoms with E-state index >= 15 is 8.78 Å². The monoisotopic (exact) mass is 662 g/mol. The quantitative estimate of drug-likeness (QED) is 0.107. The van der Waals surface area contributed by atoms with Crippen LogP contribution in [0.15, 0.2) is 24.3 Å². The first-order valence-corrected chi connectivity index (χ1v) is 15.5. The van der Waals surface area contributed by atoms with Crippen molar-refractivity contribution in [1.29, 1.82) is 0 Å². The summed E-state index contributed by atoms with van der Waals surface area (Å²) in [7, 11) is 2.69. The summed E-state index contributed by atoms with van der Waals surface area (Å²) in [6.07, 6.45) is 0.242. The number of carbonyl (C=O) groups excluding carboxylic acids is 2. The maximum atomic E-state index is 15.5. The Morgan fingerprint density at radius 3 is 1.82 bits per heavy atom. The van der Waals surface area contributed by atoms with E-state index in [1.165, 1.54) is 39.3 Å². The van der Waals surface area contributed by atoms with E-state index in [0.717, 1.165) is 22.7 Å². The predicted octanol–water partition coefficient (Wildman–Crippen LogP) is 6.46. The lowest BCUT2D eigenvalue weighted by molar-refractivity contribution is -0.141. The van der Waals surface area contributed by atoms with Crippen molar-refractivity contribution in [1.82, 2.24) is 0 Å². The van der Waals surface area contributed by atoms with E-state index in [2.05, 4.69) is 0 Å². The third-order valence-corrected chi connectivity index (χ3v) is 9.68. The number of methoxy groups -OCH3 is 2. The van der Waals surface area contributed by atoms with Crippen LogP contribution in [-0.2, 0) is 9.59 Å². The number of ether oxygens (including phenoxy) is 4. The third-order valence-electron chi connectivity index (χ3n) is 7.46. The summed E-state index contributed by atoms with van der Waals surface area (Å²) in [5, 5.41) is 18.5. The Kier molecular flexibility index (Phi) is 9.26. The van der Waals surface area contributed by atoms with Gasteiger partial charge < -0.3 is 29.2 Å². The fraction of sp³-hybridized carbons (Fsp3) is 0.355. The number of fused-ring (bicyclic) bond motifs is 2. The number of aliphatic carboxylic acids is 2. The normalized spacial score (nSPS) is 16.4. The van der Waals surface area contributed by atoms with Crippen molar-refractivity contribution in [2.45, 2.75) is 26.2 Å². The van der Waals surface area contributed by atoms with Gasteiger partial charge >= 0.3 is 11.9 Å². The molecule has 2 heterocycles. The van der Waals surface area contributed by atoms with Crippen LogP contribution >= 0.6 is 22.7 Å². The lowest BCUT2D eigenvalue weighted by Gasteiger charge is -2.14. The van der Waals surface area contributed by atoms with Crippen molar-refractivity contribution >= 4 is 66.4 Å². The Morgan fingerprint density at radius 2 is 1.36 bits per heavy atom. The standard InChI is InChI=1S/C31H28F2O10S2/c1-13(30(36)37)7-18(34)23-9-16-21(44-23)11-19(40-2)28(25(16)32)42-5-4-6-43-29-20(41-3)12-22-17(26(29)33)10-24(45-22)27(35)14-8-15(14)31(38)39/h9-15H,4-8H2,1-3H3,(H,36,37)(H,38,39)/t13?,14-,15-/m1/s1. The zero-order valence-corrected chi connectivity index (χ0v) is 25.9. The molecular weight excluding hydrogens is 634 g/mol. The highest BCUT2D eigenvalue weighted by molar-refractivity contribution is 7.21. The maximum absolute atomic E-state index is 15.5. The molecule has 0 spiro atoms. The van der Waals surface area contributed by atoms with Crippen molar-refractivity contribution < 1.29 is 57.1 Å². The van der Waals surface area contributed by atoms with Gasteiger partial charge in [0, 0.05) is 51.1 Å². The Balaban J connectivity index is 1.25. The highest BCUT2D eigenvalue weighted by Gasteiger charge is 2.48. The highest BCUT2D eigenvalue weighted by atomic mass is 32.1. The number of carboxylic acid groups (broad SMARTS) is 2. The van der Waals surface area contributed by atoms with E-state index in [-0.39, 0.29) is 81.8 Å². The number of ketones is 2. The van der Waals surface area contributed by atoms with E-state index in [0.29, 0.717) is 9.40 Å². The van der Waals surface area contributed by atoms with Gasteiger partial charge in [0.15, 0.2) is 46.2 Å². The molecule has 2 N–H and O–H groups in total. The molecule has 4 aromatic rings. The number of rotatable bonds is 15. The van der Waals surface area contributed by atoms with Crippen LogP contribution in [0.3, 0.4) is 0 Å². The molecule has 1 unspecified atom stereocenters. The first-order valence-electron chi connectivity index (χ1n) is 13.8. The van der Waals surface area contributed by atoms with Gasteiger partial charge in [-0.05, 0) is 18.6 Å². The molecule has 14 heteroatoms. The fourth-order valence-electron chi connectivity index (χ4n) is 4.84. The van der Waals surface area contributed by atoms with Gasteiger partial charge in [0.1, 0.15) is 0 Å². The summed E-state index contributed by atoms with van der Waals surface area (Å²) in [5.74, 6) is -6.70. The van der Waals surface area contributed by atoms with Crippen LogP contribution in [0.4, 0.5) is 8.78 Å². The molecule has 5 rings (SSSR count). The number of halogens is 2. The number of hydrogen-bond donors (Lipinski definition) is 2. The first kappa shape index (κ1) is 32.1. The van der Waals surface area contributed by atoms with Gasteiger partial charge in [-0.2, -0.15) is 0 Å². The number of thiophene rings is 2. The van der Waals surface area contributed by atoms with Gasteiger partial charge in [0.2, 0.25) is 0 Å². The molecule has 3 atom stereocenters. The van der Waals surface area contributed by atoms with E-state index < -0.39 is 47.1 Å². The van der Waals surface area contributed by atoms with Crippen molar-refractivity contribution in [2.24, 2.45) is 17.8 Å². The van der Waals surface area contributed by atoms with Gasteiger partial charge in [-0.1, -0.05) is 6.92 Å². The largest absolute Gasteiger partial charge is 0.493 e. The number of benzene rings is 2. The fourth-order valence-corrected chi connectivity index (χ4v) is 6.97. The van der Waals surface area contributed by atoms with Crippen LogP contribution in [0.25, 0.3) is 20.2 Å². The van der Waals surface area contributed by atoms with E-state index in [4.69, 9.17) is 29.2 Å². The average Bonchev–Trinajstić information content (AvgIpc) is 3.51. The van der Waals surface area contributed by atoms with E-state index in [1.807, 2.05) is 0 Å². The summed E-state index contributed by atoms with van der Waals surface area (Å²) in [6, 6.07) is 5.84. The van der Waals surface area contributed by atoms with Crippen LogP contribution in [0.2, 0.25) is 0 Å². The van der Waals surface area contributed by atoms with Gasteiger partial charge in [0.05, 0.1) is 49.0 Å². The molecule has 1 aliphatic carbocycles. The number of carboxylic acids is 2. The summed E-state index contributed by atoms with van der Waals surface area (Å²) < 4.78 is 53.8. The van der Waals surface area contributed by atoms with Crippen LogP contribution in [0.5, 0.6) is 23.0 Å². The molecule has 0 radical (unpaired) electrons. The molecule has 0 aliphatic heterocycles. The lowest BCUT2D eigenvalue weighted by atomic mass is 10.0. The molecule has 10 nitrogen and oxygen atoms in total. The zero-order valence-electron chi connectivity index (χ0n) is 24.3. The summed E-state index contributed by atoms with van der Waals surface area (Å²) in [6.45, 7) is 1.34. The topological polar surface area (TPSA) is 146 Å². The minimum atomic E-state index is -1.10. The Hall–Kier alpha value is -4.30. The second-order valence-electron chi connectivity index (χ2n) is 10.6. The van der Waals surface area contributed by atoms with Crippen LogP contribution in [0, 0.1) is 29.4 Å². The molecule has 1 saturated carbocycles. The average molecular weight is 663 g/mol. The van der Waals surface area contributed by atoms with Crippen molar-refractivity contribution in [3.8, 4) is 23.0 Å². The van der Waals surface area contributed by atoms with Crippen LogP contribution in [0.1, 0.15) is 45.5 Å². The predicted molar refractivity (Wildman–Crippen MR) is 162 cm³/mol. The van der Waals surface area contributed by atoms with Gasteiger partial charge in [-0.3, -0.25) is 19.2 Å². The van der Waals surface area contributed by atoms with Gasteiger partial charge in [-0.15, -0.1) is 22.7 Å². The molecule has 1 fully saturated rings. The number of carbonyl (C=O) groups is 4. The second-order valence-corrected chi connectivity index (χ2v) is 12.7. The minimum absolute atomic E-state index is 0.0396. The second kappa shape index (κ2) is 13.0. The molecule has 0 bridgehead atoms. The summed E-state index contributed by atoms with van der Waals surface area (Å²) >= 11 is 2.08. The minimum Gasteiger partial charge on any atom is -0.493 e. The number of hydrogen-bond acceptors (Lipinski definition) is 10. The molecule has 45 heavy (non-hydrogen) atoms. The first-order chi connectivity index (χ1) is 21.4.